The molecule has 1 fully saturated rings. The summed E-state index contributed by atoms with van der Waals surface area (Å²) in [5.41, 5.74) is 2.48. The first kappa shape index (κ1) is 15.9. The third-order valence-corrected chi connectivity index (χ3v) is 4.91. The van der Waals surface area contributed by atoms with Gasteiger partial charge in [-0.1, -0.05) is 24.3 Å². The fourth-order valence-electron chi connectivity index (χ4n) is 3.40. The molecule has 1 atom stereocenters. The van der Waals surface area contributed by atoms with E-state index in [1.54, 1.807) is 11.0 Å². The number of nitrogens with zero attached hydrogens (tertiary/aromatic N) is 1. The number of aliphatic hydroxyl groups is 2. The van der Waals surface area contributed by atoms with Crippen molar-refractivity contribution in [1.29, 1.82) is 0 Å². The topological polar surface area (TPSA) is 76.6 Å². The first-order valence-electron chi connectivity index (χ1n) is 8.38. The van der Waals surface area contributed by atoms with Gasteiger partial charge >= 0.3 is 0 Å². The maximum Gasteiger partial charge on any atom is 0.253 e. The molecule has 4 rings (SSSR count). The normalized spacial score (nSPS) is 20.3. The zero-order valence-corrected chi connectivity index (χ0v) is 13.8. The molecule has 25 heavy (non-hydrogen) atoms. The molecule has 0 spiro atoms. The van der Waals surface area contributed by atoms with E-state index in [2.05, 4.69) is 17.1 Å². The number of H-pyrrole nitrogens is 1. The molecule has 5 heteroatoms. The molecule has 2 heterocycles. The predicted molar refractivity (Wildman–Crippen MR) is 96.3 cm³/mol. The highest BCUT2D eigenvalue weighted by Gasteiger charge is 2.37. The molecule has 3 aromatic rings. The number of β-amino-alcohol motifs (C(OH)–C–C–N with tert-alkyl or cyclic N) is 1. The minimum atomic E-state index is -1.17. The molecule has 1 aromatic heterocycles. The molecule has 128 valence electrons. The lowest BCUT2D eigenvalue weighted by atomic mass is 10.0. The van der Waals surface area contributed by atoms with Gasteiger partial charge in [0.25, 0.3) is 5.91 Å². The van der Waals surface area contributed by atoms with Crippen molar-refractivity contribution in [2.45, 2.75) is 12.0 Å². The monoisotopic (exact) mass is 336 g/mol. The summed E-state index contributed by atoms with van der Waals surface area (Å²) in [6.45, 7) is 0.294. The molecule has 5 nitrogen and oxygen atoms in total. The van der Waals surface area contributed by atoms with Crippen LogP contribution >= 0.6 is 0 Å². The number of carbonyl (C=O) groups excluding carboxylic acids is 1. The SMILES string of the molecule is O=C(c1cccc(-c2ccc3cc[nH]c3c2)c1)N1CC[C@@](O)(CO)C1. The second-order valence-electron chi connectivity index (χ2n) is 6.72. The van der Waals surface area contributed by atoms with E-state index < -0.39 is 5.60 Å². The van der Waals surface area contributed by atoms with Gasteiger partial charge in [-0.2, -0.15) is 0 Å². The van der Waals surface area contributed by atoms with Crippen molar-refractivity contribution in [3.8, 4) is 11.1 Å². The van der Waals surface area contributed by atoms with E-state index in [9.17, 15) is 15.0 Å². The maximum absolute atomic E-state index is 12.7. The molecule has 0 unspecified atom stereocenters. The number of benzene rings is 2. The summed E-state index contributed by atoms with van der Waals surface area (Å²) in [6.07, 6.45) is 2.31. The number of nitrogens with one attached hydrogen (secondary N) is 1. The Kier molecular flexibility index (Phi) is 3.82. The molecular formula is C20H20N2O3. The van der Waals surface area contributed by atoms with Crippen molar-refractivity contribution in [2.75, 3.05) is 19.7 Å². The molecule has 0 saturated carbocycles. The van der Waals surface area contributed by atoms with Crippen LogP contribution < -0.4 is 0 Å². The van der Waals surface area contributed by atoms with Crippen LogP contribution in [0.25, 0.3) is 22.0 Å². The van der Waals surface area contributed by atoms with Crippen LogP contribution in [0.5, 0.6) is 0 Å². The van der Waals surface area contributed by atoms with Crippen molar-refractivity contribution in [3.63, 3.8) is 0 Å². The Morgan fingerprint density at radius 2 is 2.00 bits per heavy atom. The van der Waals surface area contributed by atoms with Gasteiger partial charge in [0.1, 0.15) is 5.60 Å². The van der Waals surface area contributed by atoms with Crippen LogP contribution in [0.15, 0.2) is 54.7 Å². The zero-order chi connectivity index (χ0) is 17.4. The molecule has 1 aliphatic heterocycles. The van der Waals surface area contributed by atoms with Crippen molar-refractivity contribution >= 4 is 16.8 Å². The Balaban J connectivity index is 1.62. The molecule has 0 bridgehead atoms. The van der Waals surface area contributed by atoms with Gasteiger partial charge in [-0.25, -0.2) is 0 Å². The van der Waals surface area contributed by atoms with Crippen LogP contribution in [0.1, 0.15) is 16.8 Å². The summed E-state index contributed by atoms with van der Waals surface area (Å²) in [4.78, 5) is 17.5. The highest BCUT2D eigenvalue weighted by Crippen LogP contribution is 2.27. The highest BCUT2D eigenvalue weighted by atomic mass is 16.3. The Morgan fingerprint density at radius 1 is 1.16 bits per heavy atom. The lowest BCUT2D eigenvalue weighted by Crippen LogP contribution is -2.38. The van der Waals surface area contributed by atoms with Crippen LogP contribution in [0.3, 0.4) is 0 Å². The smallest absolute Gasteiger partial charge is 0.253 e. The number of carbonyl (C=O) groups is 1. The number of aliphatic hydroxyl groups excluding tert-OH is 1. The molecule has 2 aromatic carbocycles. The summed E-state index contributed by atoms with van der Waals surface area (Å²) in [6, 6.07) is 15.7. The minimum Gasteiger partial charge on any atom is -0.393 e. The van der Waals surface area contributed by atoms with Gasteiger partial charge in [0.2, 0.25) is 0 Å². The second-order valence-corrected chi connectivity index (χ2v) is 6.72. The van der Waals surface area contributed by atoms with E-state index in [-0.39, 0.29) is 19.1 Å². The average Bonchev–Trinajstić information content (AvgIpc) is 3.27. The average molecular weight is 336 g/mol. The van der Waals surface area contributed by atoms with Crippen molar-refractivity contribution in [1.82, 2.24) is 9.88 Å². The summed E-state index contributed by atoms with van der Waals surface area (Å²) in [5.74, 6) is -0.118. The predicted octanol–water partition coefficient (Wildman–Crippen LogP) is 2.40. The molecule has 1 aliphatic rings. The van der Waals surface area contributed by atoms with Gasteiger partial charge in [0.15, 0.2) is 0 Å². The van der Waals surface area contributed by atoms with E-state index in [1.165, 1.54) is 0 Å². The third kappa shape index (κ3) is 2.92. The third-order valence-electron chi connectivity index (χ3n) is 4.91. The summed E-state index contributed by atoms with van der Waals surface area (Å²) in [5, 5.41) is 20.5. The van der Waals surface area contributed by atoms with Crippen molar-refractivity contribution < 1.29 is 15.0 Å². The summed E-state index contributed by atoms with van der Waals surface area (Å²) < 4.78 is 0. The van der Waals surface area contributed by atoms with Crippen LogP contribution in [-0.2, 0) is 0 Å². The Labute approximate surface area is 145 Å². The van der Waals surface area contributed by atoms with E-state index in [4.69, 9.17) is 0 Å². The molecule has 1 saturated heterocycles. The number of amides is 1. The van der Waals surface area contributed by atoms with Gasteiger partial charge in [0.05, 0.1) is 13.2 Å². The molecule has 1 amide bonds. The maximum atomic E-state index is 12.7. The number of hydrogen-bond acceptors (Lipinski definition) is 3. The fourth-order valence-corrected chi connectivity index (χ4v) is 3.40. The van der Waals surface area contributed by atoms with E-state index in [1.807, 2.05) is 36.5 Å². The zero-order valence-electron chi connectivity index (χ0n) is 13.8. The fraction of sp³-hybridized carbons (Fsp3) is 0.250. The number of fused-ring (bicyclic) bond motifs is 1. The molecular weight excluding hydrogens is 316 g/mol. The van der Waals surface area contributed by atoms with E-state index in [0.717, 1.165) is 22.0 Å². The van der Waals surface area contributed by atoms with Gasteiger partial charge in [0, 0.05) is 23.8 Å². The minimum absolute atomic E-state index is 0.118. The van der Waals surface area contributed by atoms with Gasteiger partial charge in [-0.05, 0) is 47.2 Å². The van der Waals surface area contributed by atoms with Crippen LogP contribution in [-0.4, -0.2) is 51.3 Å². The number of aromatic amines is 1. The van der Waals surface area contributed by atoms with Gasteiger partial charge < -0.3 is 20.1 Å². The van der Waals surface area contributed by atoms with E-state index in [0.29, 0.717) is 18.5 Å². The molecule has 3 N–H and O–H groups in total. The number of likely N-dealkylation sites (tertiary alicyclic amines) is 1. The van der Waals surface area contributed by atoms with Gasteiger partial charge in [-0.3, -0.25) is 4.79 Å². The summed E-state index contributed by atoms with van der Waals surface area (Å²) >= 11 is 0. The summed E-state index contributed by atoms with van der Waals surface area (Å²) in [7, 11) is 0. The van der Waals surface area contributed by atoms with Crippen LogP contribution in [0.4, 0.5) is 0 Å². The van der Waals surface area contributed by atoms with Crippen LogP contribution in [0.2, 0.25) is 0 Å². The number of aromatic nitrogens is 1. The van der Waals surface area contributed by atoms with Crippen LogP contribution in [0, 0.1) is 0 Å². The van der Waals surface area contributed by atoms with Crippen molar-refractivity contribution in [2.24, 2.45) is 0 Å². The highest BCUT2D eigenvalue weighted by molar-refractivity contribution is 5.96. The molecule has 0 aliphatic carbocycles. The quantitative estimate of drug-likeness (QED) is 0.687. The first-order valence-corrected chi connectivity index (χ1v) is 8.38. The number of hydrogen-bond donors (Lipinski definition) is 3. The Morgan fingerprint density at radius 3 is 2.80 bits per heavy atom. The largest absolute Gasteiger partial charge is 0.393 e. The van der Waals surface area contributed by atoms with E-state index >= 15 is 0 Å². The standard InChI is InChI=1S/C20H20N2O3/c23-13-20(25)7-9-22(12-20)19(24)17-3-1-2-15(10-17)16-5-4-14-6-8-21-18(14)11-16/h1-6,8,10-11,21,23,25H,7,9,12-13H2/t20-/m0/s1. The van der Waals surface area contributed by atoms with Crippen molar-refractivity contribution in [3.05, 3.63) is 60.3 Å². The lowest BCUT2D eigenvalue weighted by Gasteiger charge is -2.21. The Hall–Kier alpha value is -2.63. The second kappa shape index (κ2) is 6.02. The first-order chi connectivity index (χ1) is 12.1. The molecule has 0 radical (unpaired) electrons. The van der Waals surface area contributed by atoms with Gasteiger partial charge in [-0.15, -0.1) is 0 Å². The Bertz CT molecular complexity index is 933. The lowest BCUT2D eigenvalue weighted by molar-refractivity contribution is -0.00455. The number of rotatable bonds is 3.